The predicted octanol–water partition coefficient (Wildman–Crippen LogP) is 4.45. The summed E-state index contributed by atoms with van der Waals surface area (Å²) < 4.78 is 6.98. The summed E-state index contributed by atoms with van der Waals surface area (Å²) in [4.78, 5) is 0. The Hall–Kier alpha value is 0.130. The van der Waals surface area contributed by atoms with Crippen molar-refractivity contribution in [2.45, 2.75) is 25.4 Å². The van der Waals surface area contributed by atoms with E-state index in [0.717, 1.165) is 25.9 Å². The first-order chi connectivity index (χ1) is 7.77. The molecule has 0 aromatic heterocycles. The molecule has 86 valence electrons. The third kappa shape index (κ3) is 3.31. The lowest BCUT2D eigenvalue weighted by molar-refractivity contribution is 0.118. The number of hydrogen-bond donors (Lipinski definition) is 0. The Morgan fingerprint density at radius 3 is 2.81 bits per heavy atom. The highest BCUT2D eigenvalue weighted by molar-refractivity contribution is 14.1. The first-order valence-electron chi connectivity index (χ1n) is 5.47. The summed E-state index contributed by atoms with van der Waals surface area (Å²) in [6.45, 7) is 0.868. The molecular weight excluding hydrogens is 379 g/mol. The Morgan fingerprint density at radius 1 is 1.38 bits per heavy atom. The van der Waals surface area contributed by atoms with Gasteiger partial charge in [-0.25, -0.2) is 0 Å². The first-order valence-corrected chi connectivity index (χ1v) is 7.34. The van der Waals surface area contributed by atoms with Crippen molar-refractivity contribution in [3.8, 4) is 0 Å². The van der Waals surface area contributed by atoms with E-state index in [2.05, 4.69) is 68.9 Å². The molecule has 1 heterocycles. The third-order valence-corrected chi connectivity index (χ3v) is 4.06. The zero-order chi connectivity index (χ0) is 11.4. The van der Waals surface area contributed by atoms with E-state index >= 15 is 0 Å². The van der Waals surface area contributed by atoms with Gasteiger partial charge in [-0.1, -0.05) is 30.3 Å². The monoisotopic (exact) mass is 392 g/mol. The molecule has 1 unspecified atom stereocenters. The van der Waals surface area contributed by atoms with Gasteiger partial charge in [-0.2, -0.15) is 0 Å². The van der Waals surface area contributed by atoms with Crippen LogP contribution in [-0.4, -0.2) is 12.7 Å². The molecule has 0 bridgehead atoms. The van der Waals surface area contributed by atoms with E-state index in [1.54, 1.807) is 0 Å². The second-order valence-electron chi connectivity index (χ2n) is 3.92. The molecule has 0 spiro atoms. The first kappa shape index (κ1) is 12.6. The molecule has 1 nitrogen and oxygen atoms in total. The topological polar surface area (TPSA) is 9.23 Å². The maximum atomic E-state index is 5.76. The number of rotatable bonds is 3. The van der Waals surface area contributed by atoms with Gasteiger partial charge in [0.25, 0.3) is 0 Å². The van der Waals surface area contributed by atoms with Crippen LogP contribution in [0.25, 0.3) is 0 Å². The highest BCUT2D eigenvalue weighted by atomic mass is 127. The van der Waals surface area contributed by atoms with Crippen molar-refractivity contribution in [3.63, 3.8) is 0 Å². The number of benzene rings is 1. The van der Waals surface area contributed by atoms with E-state index in [1.165, 1.54) is 13.6 Å². The van der Waals surface area contributed by atoms with Gasteiger partial charge in [0, 0.05) is 0 Å². The normalized spacial score (nSPS) is 23.5. The maximum Gasteiger partial charge on any atom is 0.0807 e. The fourth-order valence-electron chi connectivity index (χ4n) is 1.99. The number of hydrogen-bond acceptors (Lipinski definition) is 1. The van der Waals surface area contributed by atoms with Crippen LogP contribution in [0, 0.1) is 0 Å². The van der Waals surface area contributed by atoms with Crippen LogP contribution in [0.5, 0.6) is 0 Å². The SMILES string of the molecule is Br/C(I)=C1/CCOC1CCc1ccccc1. The van der Waals surface area contributed by atoms with E-state index in [4.69, 9.17) is 4.74 Å². The Labute approximate surface area is 119 Å². The largest absolute Gasteiger partial charge is 0.373 e. The average Bonchev–Trinajstić information content (AvgIpc) is 2.76. The van der Waals surface area contributed by atoms with Gasteiger partial charge in [-0.15, -0.1) is 0 Å². The summed E-state index contributed by atoms with van der Waals surface area (Å²) in [7, 11) is 0. The lowest BCUT2D eigenvalue weighted by Crippen LogP contribution is -2.09. The van der Waals surface area contributed by atoms with Crippen molar-refractivity contribution in [1.29, 1.82) is 0 Å². The minimum Gasteiger partial charge on any atom is -0.373 e. The molecule has 1 atom stereocenters. The minimum atomic E-state index is 0.312. The van der Waals surface area contributed by atoms with Crippen molar-refractivity contribution in [1.82, 2.24) is 0 Å². The van der Waals surface area contributed by atoms with Gasteiger partial charge in [0.2, 0.25) is 0 Å². The van der Waals surface area contributed by atoms with Gasteiger partial charge < -0.3 is 4.74 Å². The van der Waals surface area contributed by atoms with Crippen LogP contribution in [0.2, 0.25) is 0 Å². The zero-order valence-corrected chi connectivity index (χ0v) is 12.7. The quantitative estimate of drug-likeness (QED) is 0.690. The lowest BCUT2D eigenvalue weighted by atomic mass is 10.0. The second kappa shape index (κ2) is 6.17. The van der Waals surface area contributed by atoms with Crippen molar-refractivity contribution in [3.05, 3.63) is 44.0 Å². The Bertz CT molecular complexity index is 371. The molecule has 0 amide bonds. The van der Waals surface area contributed by atoms with Crippen molar-refractivity contribution < 1.29 is 4.74 Å². The average molecular weight is 393 g/mol. The van der Waals surface area contributed by atoms with E-state index < -0.39 is 0 Å². The summed E-state index contributed by atoms with van der Waals surface area (Å²) in [5.74, 6) is 0. The summed E-state index contributed by atoms with van der Waals surface area (Å²) >= 11 is 5.88. The van der Waals surface area contributed by atoms with Crippen LogP contribution < -0.4 is 0 Å². The molecule has 2 rings (SSSR count). The molecule has 1 saturated heterocycles. The van der Waals surface area contributed by atoms with Gasteiger partial charge >= 0.3 is 0 Å². The minimum absolute atomic E-state index is 0.312. The van der Waals surface area contributed by atoms with Crippen molar-refractivity contribution in [2.75, 3.05) is 6.61 Å². The van der Waals surface area contributed by atoms with Crippen LogP contribution >= 0.6 is 38.5 Å². The molecule has 0 N–H and O–H groups in total. The number of ether oxygens (including phenoxy) is 1. The van der Waals surface area contributed by atoms with Gasteiger partial charge in [0.15, 0.2) is 0 Å². The molecule has 1 aliphatic heterocycles. The summed E-state index contributed by atoms with van der Waals surface area (Å²) in [5, 5.41) is 0. The Kier molecular flexibility index (Phi) is 4.85. The third-order valence-electron chi connectivity index (χ3n) is 2.86. The summed E-state index contributed by atoms with van der Waals surface area (Å²) in [6, 6.07) is 10.6. The fraction of sp³-hybridized carbons (Fsp3) is 0.385. The van der Waals surface area contributed by atoms with E-state index in [0.29, 0.717) is 6.10 Å². The number of halogens is 2. The molecule has 0 saturated carbocycles. The van der Waals surface area contributed by atoms with Crippen LogP contribution in [-0.2, 0) is 11.2 Å². The van der Waals surface area contributed by atoms with Crippen molar-refractivity contribution in [2.24, 2.45) is 0 Å². The zero-order valence-electron chi connectivity index (χ0n) is 8.96. The number of aryl methyl sites for hydroxylation is 1. The van der Waals surface area contributed by atoms with Crippen LogP contribution in [0.1, 0.15) is 18.4 Å². The van der Waals surface area contributed by atoms with Crippen molar-refractivity contribution >= 4 is 38.5 Å². The second-order valence-corrected chi connectivity index (χ2v) is 7.27. The molecule has 1 fully saturated rings. The smallest absolute Gasteiger partial charge is 0.0807 e. The highest BCUT2D eigenvalue weighted by Gasteiger charge is 2.23. The van der Waals surface area contributed by atoms with Gasteiger partial charge in [0.05, 0.1) is 15.2 Å². The molecule has 3 heteroatoms. The molecule has 0 radical (unpaired) electrons. The highest BCUT2D eigenvalue weighted by Crippen LogP contribution is 2.32. The maximum absolute atomic E-state index is 5.76. The van der Waals surface area contributed by atoms with Crippen LogP contribution in [0.3, 0.4) is 0 Å². The molecule has 1 aromatic carbocycles. The lowest BCUT2D eigenvalue weighted by Gasteiger charge is -2.11. The molecular formula is C13H14BrIO. The summed E-state index contributed by atoms with van der Waals surface area (Å²) in [6.07, 6.45) is 3.55. The van der Waals surface area contributed by atoms with Gasteiger partial charge in [0.1, 0.15) is 0 Å². The standard InChI is InChI=1S/C13H14BrIO/c14-13(15)11-8-9-16-12(11)7-6-10-4-2-1-3-5-10/h1-5,12H,6-9H2/b13-11+. The predicted molar refractivity (Wildman–Crippen MR) is 79.1 cm³/mol. The van der Waals surface area contributed by atoms with E-state index in [1.807, 2.05) is 0 Å². The fourth-order valence-corrected chi connectivity index (χ4v) is 3.06. The van der Waals surface area contributed by atoms with Crippen LogP contribution in [0.4, 0.5) is 0 Å². The summed E-state index contributed by atoms with van der Waals surface area (Å²) in [5.41, 5.74) is 2.82. The molecule has 1 aliphatic rings. The Morgan fingerprint density at radius 2 is 2.12 bits per heavy atom. The molecule has 16 heavy (non-hydrogen) atoms. The van der Waals surface area contributed by atoms with Gasteiger partial charge in [-0.3, -0.25) is 0 Å². The Balaban J connectivity index is 1.94. The van der Waals surface area contributed by atoms with E-state index in [9.17, 15) is 0 Å². The molecule has 0 aliphatic carbocycles. The molecule has 1 aromatic rings. The van der Waals surface area contributed by atoms with Gasteiger partial charge in [-0.05, 0) is 68.9 Å². The van der Waals surface area contributed by atoms with Crippen LogP contribution in [0.15, 0.2) is 38.4 Å². The van der Waals surface area contributed by atoms with E-state index in [-0.39, 0.29) is 0 Å².